The number of hydrogen-bond donors (Lipinski definition) is 1. The molecule has 0 aliphatic carbocycles. The van der Waals surface area contributed by atoms with Crippen LogP contribution in [0.4, 0.5) is 23.2 Å². The summed E-state index contributed by atoms with van der Waals surface area (Å²) in [5.41, 5.74) is 0.292. The van der Waals surface area contributed by atoms with Gasteiger partial charge in [0.05, 0.1) is 17.8 Å². The van der Waals surface area contributed by atoms with Crippen molar-refractivity contribution in [3.63, 3.8) is 0 Å². The predicted molar refractivity (Wildman–Crippen MR) is 69.7 cm³/mol. The van der Waals surface area contributed by atoms with Crippen LogP contribution in [-0.4, -0.2) is 6.54 Å². The van der Waals surface area contributed by atoms with Crippen LogP contribution in [0.3, 0.4) is 0 Å². The molecular formula is C15H11F4NO. The van der Waals surface area contributed by atoms with E-state index in [9.17, 15) is 17.6 Å². The second-order valence-electron chi connectivity index (χ2n) is 4.75. The number of anilines is 1. The van der Waals surface area contributed by atoms with Crippen molar-refractivity contribution in [1.82, 2.24) is 0 Å². The molecule has 2 aromatic rings. The first-order chi connectivity index (χ1) is 9.93. The Morgan fingerprint density at radius 3 is 2.67 bits per heavy atom. The van der Waals surface area contributed by atoms with Crippen LogP contribution in [0.25, 0.3) is 0 Å². The van der Waals surface area contributed by atoms with Crippen LogP contribution in [0, 0.1) is 5.82 Å². The fraction of sp³-hybridized carbons (Fsp3) is 0.200. The fourth-order valence-electron chi connectivity index (χ4n) is 2.24. The minimum absolute atomic E-state index is 0.295. The summed E-state index contributed by atoms with van der Waals surface area (Å²) in [6, 6.07) is 8.99. The molecule has 1 atom stereocenters. The Labute approximate surface area is 118 Å². The smallest absolute Gasteiger partial charge is 0.416 e. The monoisotopic (exact) mass is 297 g/mol. The lowest BCUT2D eigenvalue weighted by Crippen LogP contribution is -2.24. The van der Waals surface area contributed by atoms with Crippen molar-refractivity contribution in [2.75, 3.05) is 11.9 Å². The minimum atomic E-state index is -4.40. The van der Waals surface area contributed by atoms with Crippen LogP contribution in [0.2, 0.25) is 0 Å². The Morgan fingerprint density at radius 2 is 1.90 bits per heavy atom. The van der Waals surface area contributed by atoms with Gasteiger partial charge in [0.15, 0.2) is 0 Å². The van der Waals surface area contributed by atoms with E-state index in [1.807, 2.05) is 0 Å². The lowest BCUT2D eigenvalue weighted by molar-refractivity contribution is -0.137. The van der Waals surface area contributed by atoms with E-state index in [4.69, 9.17) is 4.74 Å². The molecule has 1 heterocycles. The molecule has 6 heteroatoms. The average molecular weight is 297 g/mol. The van der Waals surface area contributed by atoms with Crippen molar-refractivity contribution < 1.29 is 22.3 Å². The second kappa shape index (κ2) is 4.95. The molecule has 1 aliphatic rings. The Balaban J connectivity index is 1.89. The standard InChI is InChI=1S/C15H11F4NO/c16-11-4-5-12-13(7-11)21-14(8-20-12)9-2-1-3-10(6-9)15(17,18)19/h1-7,14,20H,8H2. The molecule has 0 saturated heterocycles. The van der Waals surface area contributed by atoms with Gasteiger partial charge in [-0.3, -0.25) is 0 Å². The Hall–Kier alpha value is -2.24. The number of benzene rings is 2. The third kappa shape index (κ3) is 2.79. The van der Waals surface area contributed by atoms with Gasteiger partial charge in [0.1, 0.15) is 17.7 Å². The Bertz CT molecular complexity index is 669. The van der Waals surface area contributed by atoms with Crippen molar-refractivity contribution in [3.8, 4) is 5.75 Å². The number of ether oxygens (including phenoxy) is 1. The summed E-state index contributed by atoms with van der Waals surface area (Å²) in [6.07, 6.45) is -5.00. The number of rotatable bonds is 1. The van der Waals surface area contributed by atoms with Gasteiger partial charge >= 0.3 is 6.18 Å². The van der Waals surface area contributed by atoms with Gasteiger partial charge in [-0.25, -0.2) is 4.39 Å². The van der Waals surface area contributed by atoms with Gasteiger partial charge < -0.3 is 10.1 Å². The molecule has 1 unspecified atom stereocenters. The van der Waals surface area contributed by atoms with Crippen molar-refractivity contribution in [1.29, 1.82) is 0 Å². The van der Waals surface area contributed by atoms with Crippen molar-refractivity contribution in [3.05, 3.63) is 59.4 Å². The van der Waals surface area contributed by atoms with Crippen LogP contribution in [-0.2, 0) is 6.18 Å². The summed E-state index contributed by atoms with van der Waals surface area (Å²) in [4.78, 5) is 0. The molecule has 0 radical (unpaired) electrons. The number of halogens is 4. The molecule has 3 rings (SSSR count). The molecule has 0 aromatic heterocycles. The number of fused-ring (bicyclic) bond motifs is 1. The van der Waals surface area contributed by atoms with Crippen molar-refractivity contribution >= 4 is 5.69 Å². The lowest BCUT2D eigenvalue weighted by Gasteiger charge is -2.28. The molecule has 2 nitrogen and oxygen atoms in total. The van der Waals surface area contributed by atoms with E-state index in [1.165, 1.54) is 24.3 Å². The van der Waals surface area contributed by atoms with Crippen LogP contribution in [0.1, 0.15) is 17.2 Å². The maximum absolute atomic E-state index is 13.2. The van der Waals surface area contributed by atoms with Gasteiger partial charge in [-0.2, -0.15) is 13.2 Å². The Kier molecular flexibility index (Phi) is 3.23. The summed E-state index contributed by atoms with van der Waals surface area (Å²) >= 11 is 0. The van der Waals surface area contributed by atoms with Gasteiger partial charge in [0.2, 0.25) is 0 Å². The van der Waals surface area contributed by atoms with Gasteiger partial charge in [-0.1, -0.05) is 12.1 Å². The summed E-state index contributed by atoms with van der Waals surface area (Å²) in [5, 5.41) is 3.02. The largest absolute Gasteiger partial charge is 0.482 e. The summed E-state index contributed by atoms with van der Waals surface area (Å²) < 4.78 is 56.9. The Morgan fingerprint density at radius 1 is 1.10 bits per heavy atom. The highest BCUT2D eigenvalue weighted by molar-refractivity contribution is 5.58. The SMILES string of the molecule is Fc1ccc2c(c1)OC(c1cccc(C(F)(F)F)c1)CN2. The molecule has 1 N–H and O–H groups in total. The minimum Gasteiger partial charge on any atom is -0.482 e. The second-order valence-corrected chi connectivity index (χ2v) is 4.75. The van der Waals surface area contributed by atoms with Gasteiger partial charge in [-0.05, 0) is 29.8 Å². The zero-order valence-corrected chi connectivity index (χ0v) is 10.7. The molecule has 0 fully saturated rings. The number of alkyl halides is 3. The van der Waals surface area contributed by atoms with Crippen molar-refractivity contribution in [2.45, 2.75) is 12.3 Å². The quantitative estimate of drug-likeness (QED) is 0.788. The zero-order valence-electron chi connectivity index (χ0n) is 10.7. The van der Waals surface area contributed by atoms with E-state index in [0.29, 0.717) is 23.5 Å². The number of hydrogen-bond acceptors (Lipinski definition) is 2. The van der Waals surface area contributed by atoms with Crippen LogP contribution < -0.4 is 10.1 Å². The summed E-state index contributed by atoms with van der Waals surface area (Å²) in [7, 11) is 0. The molecule has 0 spiro atoms. The third-order valence-electron chi connectivity index (χ3n) is 3.28. The predicted octanol–water partition coefficient (Wildman–Crippen LogP) is 4.39. The molecule has 2 aromatic carbocycles. The van der Waals surface area contributed by atoms with Gasteiger partial charge in [-0.15, -0.1) is 0 Å². The fourth-order valence-corrected chi connectivity index (χ4v) is 2.24. The average Bonchev–Trinajstić information content (AvgIpc) is 2.45. The molecule has 0 saturated carbocycles. The highest BCUT2D eigenvalue weighted by Gasteiger charge is 2.31. The van der Waals surface area contributed by atoms with Crippen molar-refractivity contribution in [2.24, 2.45) is 0 Å². The van der Waals surface area contributed by atoms with E-state index in [-0.39, 0.29) is 0 Å². The lowest BCUT2D eigenvalue weighted by atomic mass is 10.0. The van der Waals surface area contributed by atoms with Gasteiger partial charge in [0.25, 0.3) is 0 Å². The van der Waals surface area contributed by atoms with Crippen LogP contribution in [0.15, 0.2) is 42.5 Å². The highest BCUT2D eigenvalue weighted by atomic mass is 19.4. The third-order valence-corrected chi connectivity index (χ3v) is 3.28. The van der Waals surface area contributed by atoms with E-state index >= 15 is 0 Å². The zero-order chi connectivity index (χ0) is 15.0. The first-order valence-electron chi connectivity index (χ1n) is 6.31. The molecule has 0 amide bonds. The molecule has 21 heavy (non-hydrogen) atoms. The van der Waals surface area contributed by atoms with Gasteiger partial charge in [0, 0.05) is 6.07 Å². The maximum atomic E-state index is 13.2. The molecule has 1 aliphatic heterocycles. The first-order valence-corrected chi connectivity index (χ1v) is 6.31. The first kappa shape index (κ1) is 13.7. The molecule has 110 valence electrons. The van der Waals surface area contributed by atoms with E-state index in [0.717, 1.165) is 12.1 Å². The van der Waals surface area contributed by atoms with E-state index < -0.39 is 23.7 Å². The normalized spacial score (nSPS) is 17.6. The van der Waals surface area contributed by atoms with Crippen LogP contribution >= 0.6 is 0 Å². The molecule has 0 bridgehead atoms. The summed E-state index contributed by atoms with van der Waals surface area (Å²) in [5.74, 6) is -0.163. The highest BCUT2D eigenvalue weighted by Crippen LogP contribution is 2.36. The van der Waals surface area contributed by atoms with Crippen LogP contribution in [0.5, 0.6) is 5.75 Å². The topological polar surface area (TPSA) is 21.3 Å². The number of nitrogens with one attached hydrogen (secondary N) is 1. The van der Waals surface area contributed by atoms with E-state index in [2.05, 4.69) is 5.32 Å². The van der Waals surface area contributed by atoms with E-state index in [1.54, 1.807) is 6.07 Å². The maximum Gasteiger partial charge on any atom is 0.416 e. The summed E-state index contributed by atoms with van der Waals surface area (Å²) in [6.45, 7) is 0.319. The molecular weight excluding hydrogens is 286 g/mol.